The first-order chi connectivity index (χ1) is 7.27. The van der Waals surface area contributed by atoms with Gasteiger partial charge in [-0.2, -0.15) is 14.9 Å². The molecule has 0 aliphatic heterocycles. The Balaban J connectivity index is 2.11. The second-order valence-corrected chi connectivity index (χ2v) is 4.08. The summed E-state index contributed by atoms with van der Waals surface area (Å²) in [7, 11) is 0. The largest absolute Gasteiger partial charge is 0.250 e. The van der Waals surface area contributed by atoms with Crippen molar-refractivity contribution in [3.8, 4) is 0 Å². The maximum atomic E-state index is 5.06. The van der Waals surface area contributed by atoms with Crippen LogP contribution in [-0.4, -0.2) is 21.1 Å². The minimum atomic E-state index is 0.534. The van der Waals surface area contributed by atoms with Gasteiger partial charge in [-0.25, -0.2) is 0 Å². The van der Waals surface area contributed by atoms with Crippen molar-refractivity contribution in [2.75, 3.05) is 0 Å². The van der Waals surface area contributed by atoms with E-state index < -0.39 is 0 Å². The van der Waals surface area contributed by atoms with E-state index in [1.165, 1.54) is 6.42 Å². The van der Waals surface area contributed by atoms with Crippen molar-refractivity contribution >= 4 is 18.4 Å². The lowest BCUT2D eigenvalue weighted by atomic mass is 9.96. The molecule has 1 aliphatic carbocycles. The van der Waals surface area contributed by atoms with Gasteiger partial charge in [-0.15, -0.1) is 0 Å². The molecular weight excluding hydrogens is 208 g/mol. The predicted octanol–water partition coefficient (Wildman–Crippen LogP) is 2.44. The summed E-state index contributed by atoms with van der Waals surface area (Å²) in [5.41, 5.74) is 0. The first-order valence-electron chi connectivity index (χ1n) is 5.11. The van der Waals surface area contributed by atoms with Gasteiger partial charge in [0.2, 0.25) is 4.77 Å². The molecule has 0 saturated heterocycles. The maximum Gasteiger partial charge on any atom is 0.216 e. The normalized spacial score (nSPS) is 21.3. The zero-order valence-corrected chi connectivity index (χ0v) is 9.50. The number of nitrogens with zero attached hydrogens (tertiary/aromatic N) is 3. The molecule has 2 rings (SSSR count). The third-order valence-corrected chi connectivity index (χ3v) is 2.78. The molecule has 15 heavy (non-hydrogen) atoms. The molecule has 1 atom stereocenters. The highest BCUT2D eigenvalue weighted by Gasteiger charge is 2.07. The summed E-state index contributed by atoms with van der Waals surface area (Å²) in [6, 6.07) is 0. The van der Waals surface area contributed by atoms with Crippen LogP contribution in [0.2, 0.25) is 0 Å². The number of aryl methyl sites for hydroxylation is 1. The first-order valence-corrected chi connectivity index (χ1v) is 5.51. The molecule has 4 nitrogen and oxygen atoms in total. The van der Waals surface area contributed by atoms with Gasteiger partial charge in [0.1, 0.15) is 5.82 Å². The number of allylic oxidation sites excluding steroid dienone is 2. The number of rotatable bonds is 2. The molecule has 0 bridgehead atoms. The van der Waals surface area contributed by atoms with E-state index in [1.54, 1.807) is 4.68 Å². The van der Waals surface area contributed by atoms with Crippen LogP contribution in [0.1, 0.15) is 25.1 Å². The van der Waals surface area contributed by atoms with Crippen LogP contribution in [0.5, 0.6) is 0 Å². The summed E-state index contributed by atoms with van der Waals surface area (Å²) < 4.78 is 2.21. The number of H-pyrrole nitrogens is 1. The van der Waals surface area contributed by atoms with Crippen LogP contribution in [0.3, 0.4) is 0 Å². The zero-order chi connectivity index (χ0) is 10.7. The molecule has 80 valence electrons. The van der Waals surface area contributed by atoms with Gasteiger partial charge < -0.3 is 0 Å². The van der Waals surface area contributed by atoms with Gasteiger partial charge in [0.15, 0.2) is 0 Å². The highest BCUT2D eigenvalue weighted by Crippen LogP contribution is 2.15. The molecule has 1 aromatic rings. The number of nitrogens with one attached hydrogen (secondary N) is 1. The monoisotopic (exact) mass is 222 g/mol. The molecule has 0 unspecified atom stereocenters. The molecular formula is C10H14N4S. The molecule has 5 heteroatoms. The molecule has 0 radical (unpaired) electrons. The van der Waals surface area contributed by atoms with Gasteiger partial charge in [-0.3, -0.25) is 5.10 Å². The van der Waals surface area contributed by atoms with Crippen LogP contribution in [0.25, 0.3) is 0 Å². The number of hydrogen-bond acceptors (Lipinski definition) is 3. The Morgan fingerprint density at radius 1 is 1.67 bits per heavy atom. The molecule has 1 N–H and O–H groups in total. The average Bonchev–Trinajstić information content (AvgIpc) is 2.58. The van der Waals surface area contributed by atoms with E-state index in [2.05, 4.69) is 27.5 Å². The van der Waals surface area contributed by atoms with Gasteiger partial charge in [-0.1, -0.05) is 12.2 Å². The Labute approximate surface area is 93.7 Å². The third kappa shape index (κ3) is 2.41. The summed E-state index contributed by atoms with van der Waals surface area (Å²) in [5, 5.41) is 11.1. The van der Waals surface area contributed by atoms with Crippen LogP contribution < -0.4 is 0 Å². The fraction of sp³-hybridized carbons (Fsp3) is 0.500. The summed E-state index contributed by atoms with van der Waals surface area (Å²) in [6.07, 6.45) is 9.80. The lowest BCUT2D eigenvalue weighted by molar-refractivity contribution is 0.621. The highest BCUT2D eigenvalue weighted by molar-refractivity contribution is 7.71. The molecule has 0 spiro atoms. The SMILES string of the molecule is Cc1n[nH]c(=S)n1/N=C\[C@H]1CC=CCC1. The molecule has 1 aliphatic rings. The van der Waals surface area contributed by atoms with Crippen molar-refractivity contribution in [3.63, 3.8) is 0 Å². The Morgan fingerprint density at radius 2 is 2.53 bits per heavy atom. The van der Waals surface area contributed by atoms with Crippen molar-refractivity contribution in [2.45, 2.75) is 26.2 Å². The summed E-state index contributed by atoms with van der Waals surface area (Å²) in [4.78, 5) is 0. The van der Waals surface area contributed by atoms with Gasteiger partial charge in [0.05, 0.1) is 0 Å². The van der Waals surface area contributed by atoms with Crippen LogP contribution >= 0.6 is 12.2 Å². The van der Waals surface area contributed by atoms with Gasteiger partial charge in [0.25, 0.3) is 0 Å². The Hall–Kier alpha value is -1.23. The van der Waals surface area contributed by atoms with E-state index in [9.17, 15) is 0 Å². The molecule has 0 saturated carbocycles. The number of aromatic amines is 1. The number of aromatic nitrogens is 3. The summed E-state index contributed by atoms with van der Waals surface area (Å²) >= 11 is 5.06. The quantitative estimate of drug-likeness (QED) is 0.474. The smallest absolute Gasteiger partial charge is 0.216 e. The fourth-order valence-corrected chi connectivity index (χ4v) is 1.84. The lowest BCUT2D eigenvalue weighted by Crippen LogP contribution is -2.05. The Kier molecular flexibility index (Phi) is 3.11. The second-order valence-electron chi connectivity index (χ2n) is 3.70. The molecule has 0 aromatic carbocycles. The molecule has 1 aromatic heterocycles. The summed E-state index contributed by atoms with van der Waals surface area (Å²) in [5.74, 6) is 1.33. The fourth-order valence-electron chi connectivity index (χ4n) is 1.62. The Bertz CT molecular complexity index is 441. The summed E-state index contributed by atoms with van der Waals surface area (Å²) in [6.45, 7) is 1.88. The van der Waals surface area contributed by atoms with E-state index in [-0.39, 0.29) is 0 Å². The lowest BCUT2D eigenvalue weighted by Gasteiger charge is -2.11. The molecule has 1 heterocycles. The highest BCUT2D eigenvalue weighted by atomic mass is 32.1. The molecule has 0 fully saturated rings. The van der Waals surface area contributed by atoms with E-state index in [0.29, 0.717) is 10.7 Å². The van der Waals surface area contributed by atoms with E-state index in [4.69, 9.17) is 12.2 Å². The zero-order valence-electron chi connectivity index (χ0n) is 8.68. The van der Waals surface area contributed by atoms with Crippen LogP contribution in [0.15, 0.2) is 17.3 Å². The average molecular weight is 222 g/mol. The van der Waals surface area contributed by atoms with Crippen molar-refractivity contribution in [1.29, 1.82) is 0 Å². The maximum absolute atomic E-state index is 5.06. The van der Waals surface area contributed by atoms with Crippen LogP contribution in [0.4, 0.5) is 0 Å². The van der Waals surface area contributed by atoms with E-state index in [1.807, 2.05) is 13.1 Å². The van der Waals surface area contributed by atoms with Crippen molar-refractivity contribution < 1.29 is 0 Å². The van der Waals surface area contributed by atoms with Crippen molar-refractivity contribution in [2.24, 2.45) is 11.0 Å². The minimum absolute atomic E-state index is 0.534. The van der Waals surface area contributed by atoms with Crippen molar-refractivity contribution in [3.05, 3.63) is 22.7 Å². The Morgan fingerprint density at radius 3 is 3.13 bits per heavy atom. The predicted molar refractivity (Wildman–Crippen MR) is 62.5 cm³/mol. The van der Waals surface area contributed by atoms with Crippen LogP contribution in [0, 0.1) is 17.6 Å². The van der Waals surface area contributed by atoms with E-state index in [0.717, 1.165) is 18.7 Å². The standard InChI is InChI=1S/C10H14N4S/c1-8-12-13-10(15)14(8)11-7-9-5-3-2-4-6-9/h2-3,7,9H,4-6H2,1H3,(H,13,15)/b11-7-/t9-/m0/s1. The first kappa shape index (κ1) is 10.3. The second kappa shape index (κ2) is 4.53. The van der Waals surface area contributed by atoms with E-state index >= 15 is 0 Å². The topological polar surface area (TPSA) is 46.0 Å². The number of hydrogen-bond donors (Lipinski definition) is 1. The van der Waals surface area contributed by atoms with Gasteiger partial charge in [0, 0.05) is 6.21 Å². The van der Waals surface area contributed by atoms with Gasteiger partial charge >= 0.3 is 0 Å². The minimum Gasteiger partial charge on any atom is -0.250 e. The molecule has 0 amide bonds. The third-order valence-electron chi connectivity index (χ3n) is 2.51. The van der Waals surface area contributed by atoms with Crippen molar-refractivity contribution in [1.82, 2.24) is 14.9 Å². The van der Waals surface area contributed by atoms with Gasteiger partial charge in [-0.05, 0) is 44.3 Å². The van der Waals surface area contributed by atoms with Crippen LogP contribution in [-0.2, 0) is 0 Å².